The van der Waals surface area contributed by atoms with E-state index in [4.69, 9.17) is 9.47 Å². The molecule has 0 saturated carbocycles. The molecule has 0 radical (unpaired) electrons. The van der Waals surface area contributed by atoms with Crippen LogP contribution in [0.2, 0.25) is 0 Å². The van der Waals surface area contributed by atoms with E-state index in [1.165, 1.54) is 0 Å². The summed E-state index contributed by atoms with van der Waals surface area (Å²) in [6, 6.07) is 0.366. The van der Waals surface area contributed by atoms with Crippen molar-refractivity contribution in [2.45, 2.75) is 26.3 Å². The summed E-state index contributed by atoms with van der Waals surface area (Å²) in [7, 11) is 3.27. The normalized spacial score (nSPS) is 12.5. The van der Waals surface area contributed by atoms with E-state index < -0.39 is 0 Å². The summed E-state index contributed by atoms with van der Waals surface area (Å²) in [5, 5.41) is 3.19. The molecule has 1 unspecified atom stereocenters. The summed E-state index contributed by atoms with van der Waals surface area (Å²) in [6.07, 6.45) is 1.02. The van der Waals surface area contributed by atoms with E-state index in [9.17, 15) is 4.79 Å². The van der Waals surface area contributed by atoms with Gasteiger partial charge < -0.3 is 19.7 Å². The Hall–Kier alpha value is -0.650. The van der Waals surface area contributed by atoms with Gasteiger partial charge in [-0.3, -0.25) is 4.79 Å². The second-order valence-corrected chi connectivity index (χ2v) is 4.06. The highest BCUT2D eigenvalue weighted by Gasteiger charge is 2.13. The third-order valence-corrected chi connectivity index (χ3v) is 2.70. The third kappa shape index (κ3) is 8.12. The number of methoxy groups -OCH3 is 2. The van der Waals surface area contributed by atoms with Gasteiger partial charge in [0.2, 0.25) is 5.91 Å². The first kappa shape index (κ1) is 16.4. The molecule has 0 aliphatic heterocycles. The van der Waals surface area contributed by atoms with Gasteiger partial charge in [0, 0.05) is 33.4 Å². The van der Waals surface area contributed by atoms with E-state index in [-0.39, 0.29) is 5.91 Å². The van der Waals surface area contributed by atoms with Gasteiger partial charge in [-0.1, -0.05) is 6.92 Å². The van der Waals surface area contributed by atoms with Crippen molar-refractivity contribution in [3.63, 3.8) is 0 Å². The molecule has 0 aromatic carbocycles. The van der Waals surface area contributed by atoms with Gasteiger partial charge in [0.1, 0.15) is 0 Å². The van der Waals surface area contributed by atoms with E-state index in [0.717, 1.165) is 6.42 Å². The lowest BCUT2D eigenvalue weighted by Gasteiger charge is -2.23. The zero-order chi connectivity index (χ0) is 13.1. The summed E-state index contributed by atoms with van der Waals surface area (Å²) in [4.78, 5) is 13.7. The van der Waals surface area contributed by atoms with Crippen LogP contribution in [0.5, 0.6) is 0 Å². The lowest BCUT2D eigenvalue weighted by Crippen LogP contribution is -2.43. The first-order valence-corrected chi connectivity index (χ1v) is 6.14. The van der Waals surface area contributed by atoms with Crippen LogP contribution in [-0.4, -0.2) is 63.9 Å². The van der Waals surface area contributed by atoms with Crippen molar-refractivity contribution in [2.75, 3.05) is 47.1 Å². The molecular weight excluding hydrogens is 220 g/mol. The Morgan fingerprint density at radius 1 is 1.24 bits per heavy atom. The quantitative estimate of drug-likeness (QED) is 0.610. The maximum absolute atomic E-state index is 11.9. The molecule has 0 rings (SSSR count). The third-order valence-electron chi connectivity index (χ3n) is 2.70. The van der Waals surface area contributed by atoms with Crippen LogP contribution in [0, 0.1) is 0 Å². The average molecular weight is 246 g/mol. The molecular formula is C12H26N2O3. The average Bonchev–Trinajstić information content (AvgIpc) is 2.35. The molecule has 17 heavy (non-hydrogen) atoms. The molecule has 5 nitrogen and oxygen atoms in total. The van der Waals surface area contributed by atoms with E-state index in [1.807, 2.05) is 0 Å². The highest BCUT2D eigenvalue weighted by molar-refractivity contribution is 5.78. The van der Waals surface area contributed by atoms with Crippen LogP contribution < -0.4 is 5.32 Å². The summed E-state index contributed by atoms with van der Waals surface area (Å²) >= 11 is 0. The van der Waals surface area contributed by atoms with Gasteiger partial charge in [0.15, 0.2) is 0 Å². The Morgan fingerprint density at radius 2 is 1.76 bits per heavy atom. The number of rotatable bonds is 10. The second-order valence-electron chi connectivity index (χ2n) is 4.06. The Balaban J connectivity index is 4.02. The molecule has 102 valence electrons. The minimum atomic E-state index is 0.0967. The lowest BCUT2D eigenvalue weighted by atomic mass is 10.2. The minimum absolute atomic E-state index is 0.0967. The topological polar surface area (TPSA) is 50.8 Å². The van der Waals surface area contributed by atoms with Gasteiger partial charge in [-0.05, 0) is 13.3 Å². The predicted octanol–water partition coefficient (Wildman–Crippen LogP) is 0.496. The zero-order valence-electron chi connectivity index (χ0n) is 11.5. The number of amides is 1. The number of hydrogen-bond acceptors (Lipinski definition) is 4. The molecule has 0 saturated heterocycles. The van der Waals surface area contributed by atoms with E-state index in [2.05, 4.69) is 19.2 Å². The van der Waals surface area contributed by atoms with Gasteiger partial charge >= 0.3 is 0 Å². The molecule has 0 aliphatic carbocycles. The fourth-order valence-electron chi connectivity index (χ4n) is 1.28. The highest BCUT2D eigenvalue weighted by Crippen LogP contribution is 1.93. The van der Waals surface area contributed by atoms with E-state index in [1.54, 1.807) is 19.1 Å². The number of ether oxygens (including phenoxy) is 2. The molecule has 1 atom stereocenters. The minimum Gasteiger partial charge on any atom is -0.383 e. The molecule has 0 aliphatic rings. The summed E-state index contributed by atoms with van der Waals surface area (Å²) in [6.45, 7) is 6.87. The van der Waals surface area contributed by atoms with Crippen LogP contribution in [0.3, 0.4) is 0 Å². The Morgan fingerprint density at radius 3 is 2.18 bits per heavy atom. The Bertz CT molecular complexity index is 192. The first-order valence-electron chi connectivity index (χ1n) is 6.14. The maximum atomic E-state index is 11.9. The fourth-order valence-corrected chi connectivity index (χ4v) is 1.28. The zero-order valence-corrected chi connectivity index (χ0v) is 11.5. The maximum Gasteiger partial charge on any atom is 0.236 e. The molecule has 0 spiro atoms. The van der Waals surface area contributed by atoms with Crippen LogP contribution in [0.1, 0.15) is 20.3 Å². The van der Waals surface area contributed by atoms with Crippen molar-refractivity contribution in [2.24, 2.45) is 0 Å². The number of nitrogens with zero attached hydrogens (tertiary/aromatic N) is 1. The number of hydrogen-bond donors (Lipinski definition) is 1. The van der Waals surface area contributed by atoms with Crippen LogP contribution in [-0.2, 0) is 14.3 Å². The first-order chi connectivity index (χ1) is 8.15. The van der Waals surface area contributed by atoms with Crippen molar-refractivity contribution >= 4 is 5.91 Å². The van der Waals surface area contributed by atoms with Crippen LogP contribution in [0.15, 0.2) is 0 Å². The van der Waals surface area contributed by atoms with E-state index in [0.29, 0.717) is 38.9 Å². The highest BCUT2D eigenvalue weighted by atomic mass is 16.5. The van der Waals surface area contributed by atoms with Crippen LogP contribution in [0.4, 0.5) is 0 Å². The number of carbonyl (C=O) groups is 1. The van der Waals surface area contributed by atoms with Gasteiger partial charge in [-0.15, -0.1) is 0 Å². The summed E-state index contributed by atoms with van der Waals surface area (Å²) in [5.74, 6) is 0.0967. The van der Waals surface area contributed by atoms with Crippen molar-refractivity contribution in [1.82, 2.24) is 10.2 Å². The summed E-state index contributed by atoms with van der Waals surface area (Å²) < 4.78 is 9.99. The molecule has 0 bridgehead atoms. The molecule has 0 heterocycles. The van der Waals surface area contributed by atoms with E-state index >= 15 is 0 Å². The molecule has 0 fully saturated rings. The summed E-state index contributed by atoms with van der Waals surface area (Å²) in [5.41, 5.74) is 0. The molecule has 0 aromatic rings. The van der Waals surface area contributed by atoms with Gasteiger partial charge in [-0.25, -0.2) is 0 Å². The molecule has 1 N–H and O–H groups in total. The fraction of sp³-hybridized carbons (Fsp3) is 0.917. The van der Waals surface area contributed by atoms with Crippen LogP contribution >= 0.6 is 0 Å². The number of carbonyl (C=O) groups excluding carboxylic acids is 1. The van der Waals surface area contributed by atoms with Crippen molar-refractivity contribution < 1.29 is 14.3 Å². The van der Waals surface area contributed by atoms with Gasteiger partial charge in [0.05, 0.1) is 19.8 Å². The van der Waals surface area contributed by atoms with Crippen molar-refractivity contribution in [3.8, 4) is 0 Å². The molecule has 1 amide bonds. The Kier molecular flexibility index (Phi) is 10.1. The van der Waals surface area contributed by atoms with Crippen LogP contribution in [0.25, 0.3) is 0 Å². The SMILES string of the molecule is CCC(C)NCC(=O)N(CCOC)CCOC. The van der Waals surface area contributed by atoms with Gasteiger partial charge in [-0.2, -0.15) is 0 Å². The standard InChI is InChI=1S/C12H26N2O3/c1-5-11(2)13-10-12(15)14(6-8-16-3)7-9-17-4/h11,13H,5-10H2,1-4H3. The molecule has 0 aromatic heterocycles. The monoisotopic (exact) mass is 246 g/mol. The largest absolute Gasteiger partial charge is 0.383 e. The van der Waals surface area contributed by atoms with Crippen molar-refractivity contribution in [3.05, 3.63) is 0 Å². The smallest absolute Gasteiger partial charge is 0.236 e. The predicted molar refractivity (Wildman–Crippen MR) is 68.1 cm³/mol. The lowest BCUT2D eigenvalue weighted by molar-refractivity contribution is -0.131. The van der Waals surface area contributed by atoms with Crippen molar-refractivity contribution in [1.29, 1.82) is 0 Å². The second kappa shape index (κ2) is 10.5. The van der Waals surface area contributed by atoms with Gasteiger partial charge in [0.25, 0.3) is 0 Å². The Labute approximate surface area is 104 Å². The number of nitrogens with one attached hydrogen (secondary N) is 1. The molecule has 5 heteroatoms.